The molecule has 2 atom stereocenters. The van der Waals surface area contributed by atoms with Crippen LogP contribution in [0.25, 0.3) is 11.0 Å². The van der Waals surface area contributed by atoms with Crippen molar-refractivity contribution < 1.29 is 0 Å². The zero-order chi connectivity index (χ0) is 12.2. The molecule has 0 aliphatic heterocycles. The second-order valence-corrected chi connectivity index (χ2v) is 5.22. The molecule has 0 N–H and O–H groups in total. The van der Waals surface area contributed by atoms with Gasteiger partial charge in [0.15, 0.2) is 0 Å². The van der Waals surface area contributed by atoms with Crippen molar-refractivity contribution in [2.45, 2.75) is 25.7 Å². The Kier molecular flexibility index (Phi) is 1.89. The van der Waals surface area contributed by atoms with Gasteiger partial charge < -0.3 is 4.57 Å². The van der Waals surface area contributed by atoms with Gasteiger partial charge in [0.25, 0.3) is 0 Å². The highest BCUT2D eigenvalue weighted by atomic mass is 15.0. The molecule has 1 fully saturated rings. The van der Waals surface area contributed by atoms with Crippen molar-refractivity contribution in [3.63, 3.8) is 0 Å². The molecule has 1 aromatic carbocycles. The van der Waals surface area contributed by atoms with Crippen LogP contribution in [-0.4, -0.2) is 9.55 Å². The van der Waals surface area contributed by atoms with E-state index in [9.17, 15) is 0 Å². The first-order chi connectivity index (χ1) is 8.06. The monoisotopic (exact) mass is 225 g/mol. The average Bonchev–Trinajstić information content (AvgIpc) is 2.92. The summed E-state index contributed by atoms with van der Waals surface area (Å²) in [4.78, 5) is 4.55. The van der Waals surface area contributed by atoms with Crippen LogP contribution in [-0.2, 0) is 12.5 Å². The molecular formula is C14H15N3. The van der Waals surface area contributed by atoms with Crippen LogP contribution in [0.1, 0.15) is 24.7 Å². The van der Waals surface area contributed by atoms with E-state index in [4.69, 9.17) is 5.26 Å². The molecule has 1 aliphatic carbocycles. The normalized spacial score (nSPS) is 27.1. The van der Waals surface area contributed by atoms with Gasteiger partial charge in [0.05, 0.1) is 23.0 Å². The lowest BCUT2D eigenvalue weighted by Crippen LogP contribution is -2.03. The van der Waals surface area contributed by atoms with Gasteiger partial charge in [-0.3, -0.25) is 0 Å². The number of nitriles is 1. The van der Waals surface area contributed by atoms with E-state index >= 15 is 0 Å². The van der Waals surface area contributed by atoms with E-state index in [1.807, 2.05) is 14.0 Å². The second kappa shape index (κ2) is 3.10. The zero-order valence-electron chi connectivity index (χ0n) is 10.4. The molecule has 3 nitrogen and oxygen atoms in total. The molecule has 0 radical (unpaired) electrons. The van der Waals surface area contributed by atoms with E-state index in [-0.39, 0.29) is 11.3 Å². The van der Waals surface area contributed by atoms with Crippen LogP contribution < -0.4 is 0 Å². The number of rotatable bonds is 1. The maximum absolute atomic E-state index is 8.99. The molecule has 0 amide bonds. The van der Waals surface area contributed by atoms with Gasteiger partial charge >= 0.3 is 0 Å². The fourth-order valence-corrected chi connectivity index (χ4v) is 2.55. The van der Waals surface area contributed by atoms with E-state index < -0.39 is 0 Å². The predicted octanol–water partition coefficient (Wildman–Crippen LogP) is 2.68. The Labute approximate surface area is 101 Å². The van der Waals surface area contributed by atoms with Crippen molar-refractivity contribution in [1.82, 2.24) is 9.55 Å². The van der Waals surface area contributed by atoms with Gasteiger partial charge in [-0.1, -0.05) is 13.0 Å². The van der Waals surface area contributed by atoms with Gasteiger partial charge in [-0.2, -0.15) is 5.26 Å². The molecular weight excluding hydrogens is 210 g/mol. The van der Waals surface area contributed by atoms with Crippen molar-refractivity contribution in [1.29, 1.82) is 5.26 Å². The number of imidazole rings is 1. The maximum Gasteiger partial charge on any atom is 0.106 e. The van der Waals surface area contributed by atoms with E-state index in [1.165, 1.54) is 5.56 Å². The molecule has 1 aliphatic rings. The summed E-state index contributed by atoms with van der Waals surface area (Å²) in [5.74, 6) is 1.19. The Morgan fingerprint density at radius 3 is 2.94 bits per heavy atom. The molecule has 3 heteroatoms. The van der Waals surface area contributed by atoms with Crippen LogP contribution in [0.15, 0.2) is 18.2 Å². The second-order valence-electron chi connectivity index (χ2n) is 5.22. The number of nitrogens with zero attached hydrogens (tertiary/aromatic N) is 3. The maximum atomic E-state index is 8.99. The van der Waals surface area contributed by atoms with Gasteiger partial charge in [0, 0.05) is 12.5 Å². The lowest BCUT2D eigenvalue weighted by Gasteiger charge is -2.09. The fraction of sp³-hybridized carbons (Fsp3) is 0.429. The highest BCUT2D eigenvalue weighted by Gasteiger charge is 2.51. The molecule has 2 unspecified atom stereocenters. The van der Waals surface area contributed by atoms with E-state index in [0.717, 1.165) is 23.3 Å². The van der Waals surface area contributed by atoms with E-state index in [0.29, 0.717) is 0 Å². The number of aromatic nitrogens is 2. The Morgan fingerprint density at radius 2 is 2.29 bits per heavy atom. The first-order valence-corrected chi connectivity index (χ1v) is 5.89. The topological polar surface area (TPSA) is 41.6 Å². The first kappa shape index (κ1) is 10.3. The molecule has 2 aromatic rings. The van der Waals surface area contributed by atoms with Crippen molar-refractivity contribution in [2.24, 2.45) is 13.0 Å². The van der Waals surface area contributed by atoms with Crippen LogP contribution in [0, 0.1) is 24.2 Å². The van der Waals surface area contributed by atoms with Crippen LogP contribution in [0.5, 0.6) is 0 Å². The summed E-state index contributed by atoms with van der Waals surface area (Å²) < 4.78 is 2.09. The van der Waals surface area contributed by atoms with Crippen LogP contribution in [0.3, 0.4) is 0 Å². The Balaban J connectivity index is 2.13. The highest BCUT2D eigenvalue weighted by molar-refractivity contribution is 5.77. The first-order valence-electron chi connectivity index (χ1n) is 5.89. The molecule has 1 saturated carbocycles. The van der Waals surface area contributed by atoms with Crippen molar-refractivity contribution in [2.75, 3.05) is 0 Å². The zero-order valence-corrected chi connectivity index (χ0v) is 10.4. The molecule has 1 aromatic heterocycles. The highest BCUT2D eigenvalue weighted by Crippen LogP contribution is 2.53. The summed E-state index contributed by atoms with van der Waals surface area (Å²) in [5, 5.41) is 8.99. The van der Waals surface area contributed by atoms with Crippen LogP contribution in [0.2, 0.25) is 0 Å². The standard InChI is InChI=1S/C14H15N3/c1-9-16-12-6-10(4-5-13(12)17(9)3)14(2)7-11(14)8-15/h4-6,11H,7H2,1-3H3. The van der Waals surface area contributed by atoms with E-state index in [1.54, 1.807) is 0 Å². The third-order valence-electron chi connectivity index (χ3n) is 4.16. The molecule has 1 heterocycles. The summed E-state index contributed by atoms with van der Waals surface area (Å²) in [7, 11) is 2.03. The molecule has 86 valence electrons. The summed E-state index contributed by atoms with van der Waals surface area (Å²) in [5.41, 5.74) is 3.49. The third-order valence-corrected chi connectivity index (χ3v) is 4.16. The minimum absolute atomic E-state index is 0.0500. The number of fused-ring (bicyclic) bond motifs is 1. The predicted molar refractivity (Wildman–Crippen MR) is 66.5 cm³/mol. The Morgan fingerprint density at radius 1 is 1.53 bits per heavy atom. The molecule has 0 saturated heterocycles. The van der Waals surface area contributed by atoms with Crippen molar-refractivity contribution in [3.05, 3.63) is 29.6 Å². The number of benzene rings is 1. The van der Waals surface area contributed by atoms with Gasteiger partial charge in [0.2, 0.25) is 0 Å². The van der Waals surface area contributed by atoms with Crippen LogP contribution >= 0.6 is 0 Å². The van der Waals surface area contributed by atoms with Crippen molar-refractivity contribution >= 4 is 11.0 Å². The quantitative estimate of drug-likeness (QED) is 0.748. The molecule has 0 bridgehead atoms. The van der Waals surface area contributed by atoms with Gasteiger partial charge in [0.1, 0.15) is 5.82 Å². The molecule has 0 spiro atoms. The summed E-state index contributed by atoms with van der Waals surface area (Å²) >= 11 is 0. The average molecular weight is 225 g/mol. The summed E-state index contributed by atoms with van der Waals surface area (Å²) in [6, 6.07) is 8.76. The minimum Gasteiger partial charge on any atom is -0.331 e. The Bertz CT molecular complexity index is 647. The number of aryl methyl sites for hydroxylation is 2. The fourth-order valence-electron chi connectivity index (χ4n) is 2.55. The van der Waals surface area contributed by atoms with Crippen molar-refractivity contribution in [3.8, 4) is 6.07 Å². The van der Waals surface area contributed by atoms with Gasteiger partial charge in [-0.25, -0.2) is 4.98 Å². The summed E-state index contributed by atoms with van der Waals surface area (Å²) in [6.07, 6.45) is 0.973. The molecule has 17 heavy (non-hydrogen) atoms. The van der Waals surface area contributed by atoms with E-state index in [2.05, 4.69) is 40.7 Å². The number of hydrogen-bond acceptors (Lipinski definition) is 2. The smallest absolute Gasteiger partial charge is 0.106 e. The minimum atomic E-state index is 0.0500. The van der Waals surface area contributed by atoms with Gasteiger partial charge in [-0.15, -0.1) is 0 Å². The molecule has 3 rings (SSSR count). The lowest BCUT2D eigenvalue weighted by molar-refractivity contribution is 0.743. The van der Waals surface area contributed by atoms with Crippen LogP contribution in [0.4, 0.5) is 0 Å². The number of hydrogen-bond donors (Lipinski definition) is 0. The largest absolute Gasteiger partial charge is 0.331 e. The summed E-state index contributed by atoms with van der Waals surface area (Å²) in [6.45, 7) is 4.18. The SMILES string of the molecule is Cc1nc2cc(C3(C)CC3C#N)ccc2n1C. The van der Waals surface area contributed by atoms with Gasteiger partial charge in [-0.05, 0) is 31.0 Å². The third kappa shape index (κ3) is 1.30. The lowest BCUT2D eigenvalue weighted by atomic mass is 9.95. The Hall–Kier alpha value is -1.82.